The molecule has 1 heterocycles. The standard InChI is InChI=1S/C23H31N3O3/c1-16(2)25-23(27)24-14-20-19-13-22(29-4)21(28-3)12-18(19)10-11-26(20)15-17-8-6-5-7-9-17/h5-9,12-13,16,20H,10-11,14-15H2,1-4H3,(H2,24,25,27)/t20-/m0/s1. The van der Waals surface area contributed by atoms with E-state index in [0.29, 0.717) is 12.3 Å². The molecular weight excluding hydrogens is 366 g/mol. The summed E-state index contributed by atoms with van der Waals surface area (Å²) in [7, 11) is 3.31. The molecule has 0 aliphatic carbocycles. The monoisotopic (exact) mass is 397 g/mol. The summed E-state index contributed by atoms with van der Waals surface area (Å²) in [6, 6.07) is 14.5. The number of benzene rings is 2. The Hall–Kier alpha value is -2.73. The Balaban J connectivity index is 1.88. The van der Waals surface area contributed by atoms with Crippen LogP contribution in [0.4, 0.5) is 4.79 Å². The maximum Gasteiger partial charge on any atom is 0.315 e. The fraction of sp³-hybridized carbons (Fsp3) is 0.435. The van der Waals surface area contributed by atoms with Crippen molar-refractivity contribution in [2.24, 2.45) is 0 Å². The van der Waals surface area contributed by atoms with Gasteiger partial charge < -0.3 is 20.1 Å². The van der Waals surface area contributed by atoms with Crippen LogP contribution in [0, 0.1) is 0 Å². The fourth-order valence-electron chi connectivity index (χ4n) is 3.83. The summed E-state index contributed by atoms with van der Waals surface area (Å²) in [5, 5.41) is 5.94. The van der Waals surface area contributed by atoms with Gasteiger partial charge in [0.15, 0.2) is 11.5 Å². The second-order valence-corrected chi connectivity index (χ2v) is 7.64. The van der Waals surface area contributed by atoms with Gasteiger partial charge in [0.1, 0.15) is 0 Å². The lowest BCUT2D eigenvalue weighted by Gasteiger charge is -2.38. The molecule has 2 aromatic rings. The Labute approximate surface area is 173 Å². The molecule has 156 valence electrons. The highest BCUT2D eigenvalue weighted by Crippen LogP contribution is 2.38. The minimum atomic E-state index is -0.146. The van der Waals surface area contributed by atoms with Crippen LogP contribution in [-0.2, 0) is 13.0 Å². The summed E-state index contributed by atoms with van der Waals surface area (Å²) in [5.74, 6) is 1.46. The first kappa shape index (κ1) is 21.0. The zero-order valence-electron chi connectivity index (χ0n) is 17.7. The number of methoxy groups -OCH3 is 2. The highest BCUT2D eigenvalue weighted by atomic mass is 16.5. The van der Waals surface area contributed by atoms with E-state index in [2.05, 4.69) is 51.9 Å². The molecule has 1 aliphatic rings. The molecule has 2 N–H and O–H groups in total. The van der Waals surface area contributed by atoms with Crippen molar-refractivity contribution in [3.63, 3.8) is 0 Å². The van der Waals surface area contributed by atoms with Crippen molar-refractivity contribution in [2.75, 3.05) is 27.3 Å². The molecule has 0 radical (unpaired) electrons. The number of rotatable bonds is 7. The van der Waals surface area contributed by atoms with Crippen LogP contribution in [0.25, 0.3) is 0 Å². The molecule has 1 aliphatic heterocycles. The van der Waals surface area contributed by atoms with Gasteiger partial charge in [-0.1, -0.05) is 30.3 Å². The van der Waals surface area contributed by atoms with Crippen LogP contribution in [0.5, 0.6) is 11.5 Å². The van der Waals surface area contributed by atoms with Gasteiger partial charge in [-0.2, -0.15) is 0 Å². The number of amides is 2. The average molecular weight is 398 g/mol. The molecular formula is C23H31N3O3. The number of carbonyl (C=O) groups is 1. The molecule has 0 unspecified atom stereocenters. The van der Waals surface area contributed by atoms with Gasteiger partial charge in [-0.05, 0) is 49.1 Å². The van der Waals surface area contributed by atoms with E-state index in [4.69, 9.17) is 9.47 Å². The van der Waals surface area contributed by atoms with Crippen molar-refractivity contribution >= 4 is 6.03 Å². The van der Waals surface area contributed by atoms with E-state index in [1.54, 1.807) is 14.2 Å². The highest BCUT2D eigenvalue weighted by molar-refractivity contribution is 5.74. The van der Waals surface area contributed by atoms with E-state index in [0.717, 1.165) is 25.3 Å². The van der Waals surface area contributed by atoms with Crippen LogP contribution in [0.3, 0.4) is 0 Å². The third-order valence-electron chi connectivity index (χ3n) is 5.22. The van der Waals surface area contributed by atoms with Gasteiger partial charge in [0.2, 0.25) is 0 Å². The van der Waals surface area contributed by atoms with E-state index < -0.39 is 0 Å². The minimum Gasteiger partial charge on any atom is -0.493 e. The molecule has 29 heavy (non-hydrogen) atoms. The van der Waals surface area contributed by atoms with Crippen molar-refractivity contribution in [1.82, 2.24) is 15.5 Å². The highest BCUT2D eigenvalue weighted by Gasteiger charge is 2.29. The summed E-state index contributed by atoms with van der Waals surface area (Å²) in [6.07, 6.45) is 0.928. The molecule has 0 saturated carbocycles. The molecule has 0 spiro atoms. The number of urea groups is 1. The first-order valence-corrected chi connectivity index (χ1v) is 10.1. The van der Waals surface area contributed by atoms with Crippen molar-refractivity contribution in [2.45, 2.75) is 38.9 Å². The number of hydrogen-bond acceptors (Lipinski definition) is 4. The largest absolute Gasteiger partial charge is 0.493 e. The lowest BCUT2D eigenvalue weighted by Crippen LogP contribution is -2.45. The number of carbonyl (C=O) groups excluding carboxylic acids is 1. The van der Waals surface area contributed by atoms with Crippen molar-refractivity contribution in [3.8, 4) is 11.5 Å². The molecule has 6 heteroatoms. The summed E-state index contributed by atoms with van der Waals surface area (Å²) in [6.45, 7) is 6.17. The van der Waals surface area contributed by atoms with Gasteiger partial charge in [-0.15, -0.1) is 0 Å². The zero-order valence-corrected chi connectivity index (χ0v) is 17.7. The van der Waals surface area contributed by atoms with Crippen LogP contribution < -0.4 is 20.1 Å². The average Bonchev–Trinajstić information content (AvgIpc) is 2.72. The van der Waals surface area contributed by atoms with Gasteiger partial charge in [-0.25, -0.2) is 4.79 Å². The minimum absolute atomic E-state index is 0.0525. The lowest BCUT2D eigenvalue weighted by atomic mass is 9.91. The van der Waals surface area contributed by atoms with Gasteiger partial charge in [-0.3, -0.25) is 4.90 Å². The SMILES string of the molecule is COc1cc2c(cc1OC)[C@H](CNC(=O)NC(C)C)N(Cc1ccccc1)CC2. The van der Waals surface area contributed by atoms with Gasteiger partial charge >= 0.3 is 6.03 Å². The van der Waals surface area contributed by atoms with E-state index in [-0.39, 0.29) is 18.1 Å². The van der Waals surface area contributed by atoms with Gasteiger partial charge in [0.05, 0.1) is 20.3 Å². The number of fused-ring (bicyclic) bond motifs is 1. The van der Waals surface area contributed by atoms with Crippen molar-refractivity contribution in [1.29, 1.82) is 0 Å². The fourth-order valence-corrected chi connectivity index (χ4v) is 3.83. The third kappa shape index (κ3) is 5.21. The molecule has 2 amide bonds. The molecule has 0 aromatic heterocycles. The van der Waals surface area contributed by atoms with Crippen molar-refractivity contribution in [3.05, 3.63) is 59.2 Å². The molecule has 1 atom stereocenters. The van der Waals surface area contributed by atoms with E-state index in [9.17, 15) is 4.79 Å². The number of hydrogen-bond donors (Lipinski definition) is 2. The molecule has 3 rings (SSSR count). The van der Waals surface area contributed by atoms with Gasteiger partial charge in [0.25, 0.3) is 0 Å². The maximum absolute atomic E-state index is 12.2. The third-order valence-corrected chi connectivity index (χ3v) is 5.22. The smallest absolute Gasteiger partial charge is 0.315 e. The quantitative estimate of drug-likeness (QED) is 0.751. The summed E-state index contributed by atoms with van der Waals surface area (Å²) < 4.78 is 11.0. The Kier molecular flexibility index (Phi) is 6.99. The predicted octanol–water partition coefficient (Wildman–Crippen LogP) is 3.51. The van der Waals surface area contributed by atoms with Crippen LogP contribution in [0.2, 0.25) is 0 Å². The van der Waals surface area contributed by atoms with E-state index in [1.807, 2.05) is 19.9 Å². The maximum atomic E-state index is 12.2. The Morgan fingerprint density at radius 2 is 1.83 bits per heavy atom. The second-order valence-electron chi connectivity index (χ2n) is 7.64. The van der Waals surface area contributed by atoms with Gasteiger partial charge in [0, 0.05) is 25.7 Å². The molecule has 0 saturated heterocycles. The first-order valence-electron chi connectivity index (χ1n) is 10.1. The number of nitrogens with one attached hydrogen (secondary N) is 2. The summed E-state index contributed by atoms with van der Waals surface area (Å²) in [5.41, 5.74) is 3.67. The van der Waals surface area contributed by atoms with Crippen LogP contribution in [0.1, 0.15) is 36.6 Å². The molecule has 6 nitrogen and oxygen atoms in total. The van der Waals surface area contributed by atoms with Crippen LogP contribution in [-0.4, -0.2) is 44.3 Å². The number of ether oxygens (including phenoxy) is 2. The molecule has 0 bridgehead atoms. The Morgan fingerprint density at radius 1 is 1.14 bits per heavy atom. The molecule has 2 aromatic carbocycles. The Bertz CT molecular complexity index is 824. The first-order chi connectivity index (χ1) is 14.0. The van der Waals surface area contributed by atoms with Crippen LogP contribution in [0.15, 0.2) is 42.5 Å². The predicted molar refractivity (Wildman–Crippen MR) is 115 cm³/mol. The Morgan fingerprint density at radius 3 is 2.48 bits per heavy atom. The van der Waals surface area contributed by atoms with E-state index in [1.165, 1.54) is 16.7 Å². The lowest BCUT2D eigenvalue weighted by molar-refractivity contribution is 0.170. The van der Waals surface area contributed by atoms with Crippen molar-refractivity contribution < 1.29 is 14.3 Å². The summed E-state index contributed by atoms with van der Waals surface area (Å²) in [4.78, 5) is 14.6. The summed E-state index contributed by atoms with van der Waals surface area (Å²) >= 11 is 0. The second kappa shape index (κ2) is 9.65. The van der Waals surface area contributed by atoms with E-state index >= 15 is 0 Å². The normalized spacial score (nSPS) is 16.2. The topological polar surface area (TPSA) is 62.8 Å². The van der Waals surface area contributed by atoms with Crippen LogP contribution >= 0.6 is 0 Å². The number of nitrogens with zero attached hydrogens (tertiary/aromatic N) is 1. The molecule has 0 fully saturated rings. The zero-order chi connectivity index (χ0) is 20.8.